The third kappa shape index (κ3) is 3.53. The van der Waals surface area contributed by atoms with Gasteiger partial charge in [-0.1, -0.05) is 18.2 Å². The van der Waals surface area contributed by atoms with Gasteiger partial charge in [0.1, 0.15) is 5.82 Å². The summed E-state index contributed by atoms with van der Waals surface area (Å²) >= 11 is 0. The van der Waals surface area contributed by atoms with Crippen LogP contribution in [-0.2, 0) is 4.79 Å². The standard InChI is InChI=1S/C17H19N3O3/c1-9-6-5-7-13(10(9)2)15(17(22)23)20-16(21)14-8-18-12(4)19-11(14)3/h5-8,15H,1-4H3,(H,20,21)(H,22,23)/t15-/m0/s1. The number of nitrogens with zero attached hydrogens (tertiary/aromatic N) is 2. The predicted molar refractivity (Wildman–Crippen MR) is 85.3 cm³/mol. The van der Waals surface area contributed by atoms with E-state index < -0.39 is 17.9 Å². The van der Waals surface area contributed by atoms with Crippen LogP contribution < -0.4 is 5.32 Å². The van der Waals surface area contributed by atoms with E-state index in [2.05, 4.69) is 15.3 Å². The minimum Gasteiger partial charge on any atom is -0.479 e. The number of benzene rings is 1. The molecule has 0 saturated carbocycles. The number of hydrogen-bond donors (Lipinski definition) is 2. The maximum absolute atomic E-state index is 12.4. The molecule has 0 saturated heterocycles. The van der Waals surface area contributed by atoms with Gasteiger partial charge in [-0.05, 0) is 44.4 Å². The molecule has 2 N–H and O–H groups in total. The van der Waals surface area contributed by atoms with Crippen molar-refractivity contribution in [1.82, 2.24) is 15.3 Å². The Morgan fingerprint density at radius 1 is 1.17 bits per heavy atom. The van der Waals surface area contributed by atoms with Crippen LogP contribution >= 0.6 is 0 Å². The van der Waals surface area contributed by atoms with Crippen LogP contribution in [0.25, 0.3) is 0 Å². The van der Waals surface area contributed by atoms with Crippen molar-refractivity contribution in [3.8, 4) is 0 Å². The lowest BCUT2D eigenvalue weighted by Crippen LogP contribution is -2.35. The molecule has 1 heterocycles. The lowest BCUT2D eigenvalue weighted by molar-refractivity contribution is -0.139. The summed E-state index contributed by atoms with van der Waals surface area (Å²) in [5.74, 6) is -1.06. The molecule has 0 spiro atoms. The fourth-order valence-corrected chi connectivity index (χ4v) is 2.37. The topological polar surface area (TPSA) is 92.2 Å². The minimum atomic E-state index is -1.12. The highest BCUT2D eigenvalue weighted by Crippen LogP contribution is 2.21. The van der Waals surface area contributed by atoms with Gasteiger partial charge >= 0.3 is 5.97 Å². The Hall–Kier alpha value is -2.76. The fraction of sp³-hybridized carbons (Fsp3) is 0.294. The molecule has 6 heteroatoms. The molecule has 1 aromatic carbocycles. The van der Waals surface area contributed by atoms with Crippen LogP contribution in [0.2, 0.25) is 0 Å². The molecule has 120 valence electrons. The number of aryl methyl sites for hydroxylation is 3. The third-order valence-corrected chi connectivity index (χ3v) is 3.82. The van der Waals surface area contributed by atoms with E-state index in [-0.39, 0.29) is 5.56 Å². The second-order valence-electron chi connectivity index (χ2n) is 5.45. The van der Waals surface area contributed by atoms with Crippen molar-refractivity contribution in [2.24, 2.45) is 0 Å². The summed E-state index contributed by atoms with van der Waals surface area (Å²) in [7, 11) is 0. The van der Waals surface area contributed by atoms with Crippen molar-refractivity contribution in [3.63, 3.8) is 0 Å². The SMILES string of the molecule is Cc1ncc(C(=O)N[C@H](C(=O)O)c2cccc(C)c2C)c(C)n1. The Balaban J connectivity index is 2.35. The van der Waals surface area contributed by atoms with Crippen LogP contribution in [-0.4, -0.2) is 27.0 Å². The van der Waals surface area contributed by atoms with E-state index in [0.717, 1.165) is 11.1 Å². The number of carboxylic acid groups (broad SMARTS) is 1. The smallest absolute Gasteiger partial charge is 0.330 e. The van der Waals surface area contributed by atoms with Gasteiger partial charge in [0.15, 0.2) is 6.04 Å². The number of rotatable bonds is 4. The first-order valence-corrected chi connectivity index (χ1v) is 7.21. The van der Waals surface area contributed by atoms with E-state index in [1.54, 1.807) is 26.0 Å². The highest BCUT2D eigenvalue weighted by atomic mass is 16.4. The molecular weight excluding hydrogens is 294 g/mol. The molecule has 0 bridgehead atoms. The molecule has 6 nitrogen and oxygen atoms in total. The summed E-state index contributed by atoms with van der Waals surface area (Å²) in [6.07, 6.45) is 1.41. The van der Waals surface area contributed by atoms with Gasteiger partial charge in [-0.15, -0.1) is 0 Å². The molecule has 0 fully saturated rings. The molecule has 0 radical (unpaired) electrons. The summed E-state index contributed by atoms with van der Waals surface area (Å²) in [5.41, 5.74) is 3.17. The largest absolute Gasteiger partial charge is 0.479 e. The van der Waals surface area contributed by atoms with Crippen molar-refractivity contribution < 1.29 is 14.7 Å². The Morgan fingerprint density at radius 3 is 2.48 bits per heavy atom. The molecule has 1 atom stereocenters. The average molecular weight is 313 g/mol. The number of amides is 1. The minimum absolute atomic E-state index is 0.271. The first-order valence-electron chi connectivity index (χ1n) is 7.21. The summed E-state index contributed by atoms with van der Waals surface area (Å²) < 4.78 is 0. The second kappa shape index (κ2) is 6.56. The molecule has 0 aliphatic rings. The van der Waals surface area contributed by atoms with Crippen LogP contribution in [0.3, 0.4) is 0 Å². The van der Waals surface area contributed by atoms with E-state index >= 15 is 0 Å². The van der Waals surface area contributed by atoms with Gasteiger partial charge in [0.05, 0.1) is 11.3 Å². The average Bonchev–Trinajstić information content (AvgIpc) is 2.47. The summed E-state index contributed by atoms with van der Waals surface area (Å²) in [5, 5.41) is 12.1. The van der Waals surface area contributed by atoms with Crippen LogP contribution in [0.15, 0.2) is 24.4 Å². The lowest BCUT2D eigenvalue weighted by Gasteiger charge is -2.18. The van der Waals surface area contributed by atoms with E-state index in [1.165, 1.54) is 6.20 Å². The van der Waals surface area contributed by atoms with E-state index in [4.69, 9.17) is 0 Å². The number of nitrogens with one attached hydrogen (secondary N) is 1. The number of carboxylic acids is 1. The fourth-order valence-electron chi connectivity index (χ4n) is 2.37. The Morgan fingerprint density at radius 2 is 1.87 bits per heavy atom. The van der Waals surface area contributed by atoms with Crippen molar-refractivity contribution in [2.45, 2.75) is 33.7 Å². The van der Waals surface area contributed by atoms with Crippen LogP contribution in [0.1, 0.15) is 44.6 Å². The molecule has 2 aromatic rings. The second-order valence-corrected chi connectivity index (χ2v) is 5.45. The number of hydrogen-bond acceptors (Lipinski definition) is 4. The van der Waals surface area contributed by atoms with E-state index in [9.17, 15) is 14.7 Å². The predicted octanol–water partition coefficient (Wildman–Crippen LogP) is 2.27. The van der Waals surface area contributed by atoms with Crippen molar-refractivity contribution in [1.29, 1.82) is 0 Å². The number of aromatic nitrogens is 2. The van der Waals surface area contributed by atoms with Gasteiger partial charge in [-0.25, -0.2) is 14.8 Å². The summed E-state index contributed by atoms with van der Waals surface area (Å²) in [6.45, 7) is 7.16. The zero-order valence-electron chi connectivity index (χ0n) is 13.5. The van der Waals surface area contributed by atoms with Crippen LogP contribution in [0.5, 0.6) is 0 Å². The van der Waals surface area contributed by atoms with Gasteiger partial charge < -0.3 is 10.4 Å². The van der Waals surface area contributed by atoms with Crippen molar-refractivity contribution in [2.75, 3.05) is 0 Å². The van der Waals surface area contributed by atoms with Crippen molar-refractivity contribution >= 4 is 11.9 Å². The van der Waals surface area contributed by atoms with Gasteiger partial charge in [0.25, 0.3) is 5.91 Å². The number of carbonyl (C=O) groups is 2. The zero-order valence-corrected chi connectivity index (χ0v) is 13.5. The van der Waals surface area contributed by atoms with Gasteiger partial charge in [0.2, 0.25) is 0 Å². The van der Waals surface area contributed by atoms with Crippen LogP contribution in [0, 0.1) is 27.7 Å². The maximum atomic E-state index is 12.4. The molecule has 0 aliphatic heterocycles. The maximum Gasteiger partial charge on any atom is 0.330 e. The Bertz CT molecular complexity index is 772. The molecular formula is C17H19N3O3. The Kier molecular flexibility index (Phi) is 4.74. The quantitative estimate of drug-likeness (QED) is 0.903. The Labute approximate surface area is 134 Å². The van der Waals surface area contributed by atoms with Gasteiger partial charge in [-0.3, -0.25) is 4.79 Å². The highest BCUT2D eigenvalue weighted by molar-refractivity contribution is 5.97. The zero-order chi connectivity index (χ0) is 17.1. The monoisotopic (exact) mass is 313 g/mol. The molecule has 23 heavy (non-hydrogen) atoms. The highest BCUT2D eigenvalue weighted by Gasteiger charge is 2.25. The summed E-state index contributed by atoms with van der Waals surface area (Å²) in [4.78, 5) is 32.2. The number of aliphatic carboxylic acids is 1. The van der Waals surface area contributed by atoms with Gasteiger partial charge in [-0.2, -0.15) is 0 Å². The molecule has 0 aliphatic carbocycles. The lowest BCUT2D eigenvalue weighted by atomic mass is 9.97. The molecule has 0 unspecified atom stereocenters. The summed E-state index contributed by atoms with van der Waals surface area (Å²) in [6, 6.07) is 4.26. The van der Waals surface area contributed by atoms with E-state index in [1.807, 2.05) is 19.9 Å². The molecule has 1 amide bonds. The number of carbonyl (C=O) groups excluding carboxylic acids is 1. The molecule has 2 rings (SSSR count). The van der Waals surface area contributed by atoms with Gasteiger partial charge in [0, 0.05) is 6.20 Å². The normalized spacial score (nSPS) is 11.8. The molecule has 1 aromatic heterocycles. The van der Waals surface area contributed by atoms with Crippen molar-refractivity contribution in [3.05, 3.63) is 58.2 Å². The van der Waals surface area contributed by atoms with E-state index in [0.29, 0.717) is 17.1 Å². The first kappa shape index (κ1) is 16.6. The first-order chi connectivity index (χ1) is 10.8. The third-order valence-electron chi connectivity index (χ3n) is 3.82. The van der Waals surface area contributed by atoms with Crippen LogP contribution in [0.4, 0.5) is 0 Å².